The Bertz CT molecular complexity index is 1000. The first-order chi connectivity index (χ1) is 13.5. The Kier molecular flexibility index (Phi) is 3.67. The summed E-state index contributed by atoms with van der Waals surface area (Å²) in [7, 11) is 1.41. The molecule has 3 heterocycles. The Morgan fingerprint density at radius 1 is 1.36 bits per heavy atom. The summed E-state index contributed by atoms with van der Waals surface area (Å²) in [6.07, 6.45) is 0.651. The molecule has 0 amide bonds. The van der Waals surface area contributed by atoms with Crippen molar-refractivity contribution in [1.82, 2.24) is 4.90 Å². The molecule has 2 aromatic carbocycles. The van der Waals surface area contributed by atoms with Crippen molar-refractivity contribution in [2.45, 2.75) is 31.8 Å². The number of nitrogens with zero attached hydrogens (tertiary/aromatic N) is 2. The molecule has 2 aromatic rings. The highest BCUT2D eigenvalue weighted by Gasteiger charge is 2.44. The van der Waals surface area contributed by atoms with Crippen LogP contribution in [0.25, 0.3) is 0 Å². The van der Waals surface area contributed by atoms with Crippen molar-refractivity contribution in [3.05, 3.63) is 50.6 Å². The number of phenolic OH excluding ortho intramolecular Hbond substituents is 1. The topological polar surface area (TPSA) is 94.3 Å². The quantitative estimate of drug-likeness (QED) is 0.627. The molecular formula is C20H20N2O6. The van der Waals surface area contributed by atoms with E-state index in [1.165, 1.54) is 7.11 Å². The summed E-state index contributed by atoms with van der Waals surface area (Å²) in [5.41, 5.74) is 3.38. The van der Waals surface area contributed by atoms with Gasteiger partial charge >= 0.3 is 5.69 Å². The van der Waals surface area contributed by atoms with Gasteiger partial charge < -0.3 is 19.3 Å². The van der Waals surface area contributed by atoms with Gasteiger partial charge in [-0.15, -0.1) is 0 Å². The van der Waals surface area contributed by atoms with E-state index in [0.29, 0.717) is 18.5 Å². The summed E-state index contributed by atoms with van der Waals surface area (Å²) in [4.78, 5) is 13.6. The van der Waals surface area contributed by atoms with Gasteiger partial charge in [0, 0.05) is 30.6 Å². The Balaban J connectivity index is 1.70. The third-order valence-electron chi connectivity index (χ3n) is 6.13. The second-order valence-electron chi connectivity index (χ2n) is 7.43. The lowest BCUT2D eigenvalue weighted by Crippen LogP contribution is -2.41. The largest absolute Gasteiger partial charge is 0.500 e. The maximum atomic E-state index is 11.9. The molecular weight excluding hydrogens is 364 g/mol. The standard InChI is InChI=1S/C20H20N2O6/c1-10-12-3-4-14-20(28-9-27-14)13(12)8-21-6-5-11-7-15(26-2)19(23)18(22(24)25)16(11)17(10)21/h3-4,7,10,17,23H,5-6,8-9H2,1-2H3/t10-,17+/m0/s1. The Morgan fingerprint density at radius 2 is 2.18 bits per heavy atom. The fourth-order valence-corrected chi connectivity index (χ4v) is 4.92. The minimum absolute atomic E-state index is 0.0104. The number of fused-ring (bicyclic) bond motifs is 6. The number of ether oxygens (including phenoxy) is 3. The summed E-state index contributed by atoms with van der Waals surface area (Å²) in [6, 6.07) is 5.45. The summed E-state index contributed by atoms with van der Waals surface area (Å²) in [5, 5.41) is 22.4. The van der Waals surface area contributed by atoms with Crippen LogP contribution >= 0.6 is 0 Å². The molecule has 8 heteroatoms. The lowest BCUT2D eigenvalue weighted by Gasteiger charge is -2.44. The van der Waals surface area contributed by atoms with Crippen LogP contribution in [0.5, 0.6) is 23.0 Å². The Morgan fingerprint density at radius 3 is 2.93 bits per heavy atom. The summed E-state index contributed by atoms with van der Waals surface area (Å²) in [6.45, 7) is 3.67. The van der Waals surface area contributed by atoms with Crippen molar-refractivity contribution in [2.24, 2.45) is 0 Å². The first-order valence-corrected chi connectivity index (χ1v) is 9.23. The average molecular weight is 384 g/mol. The summed E-state index contributed by atoms with van der Waals surface area (Å²) < 4.78 is 16.4. The van der Waals surface area contributed by atoms with E-state index in [1.807, 2.05) is 12.1 Å². The molecule has 28 heavy (non-hydrogen) atoms. The molecule has 5 rings (SSSR count). The van der Waals surface area contributed by atoms with E-state index in [9.17, 15) is 15.2 Å². The van der Waals surface area contributed by atoms with Crippen LogP contribution in [0, 0.1) is 10.1 Å². The zero-order chi connectivity index (χ0) is 19.6. The fourth-order valence-electron chi connectivity index (χ4n) is 4.92. The van der Waals surface area contributed by atoms with Gasteiger partial charge in [0.2, 0.25) is 12.5 Å². The number of hydrogen-bond donors (Lipinski definition) is 1. The van der Waals surface area contributed by atoms with Gasteiger partial charge in [-0.05, 0) is 29.7 Å². The van der Waals surface area contributed by atoms with E-state index in [0.717, 1.165) is 34.7 Å². The highest BCUT2D eigenvalue weighted by Crippen LogP contribution is 2.54. The normalized spacial score (nSPS) is 22.2. The van der Waals surface area contributed by atoms with Gasteiger partial charge in [-0.2, -0.15) is 0 Å². The van der Waals surface area contributed by atoms with Crippen LogP contribution in [-0.2, 0) is 13.0 Å². The number of hydrogen-bond acceptors (Lipinski definition) is 7. The highest BCUT2D eigenvalue weighted by molar-refractivity contribution is 5.66. The second-order valence-corrected chi connectivity index (χ2v) is 7.43. The highest BCUT2D eigenvalue weighted by atomic mass is 16.7. The third kappa shape index (κ3) is 2.21. The van der Waals surface area contributed by atoms with Crippen LogP contribution in [0.4, 0.5) is 5.69 Å². The van der Waals surface area contributed by atoms with E-state index >= 15 is 0 Å². The molecule has 3 aliphatic heterocycles. The van der Waals surface area contributed by atoms with Gasteiger partial charge in [0.15, 0.2) is 17.2 Å². The van der Waals surface area contributed by atoms with E-state index in [-0.39, 0.29) is 30.2 Å². The molecule has 8 nitrogen and oxygen atoms in total. The van der Waals surface area contributed by atoms with Crippen molar-refractivity contribution in [1.29, 1.82) is 0 Å². The Labute approximate surface area is 161 Å². The van der Waals surface area contributed by atoms with Crippen LogP contribution in [0.3, 0.4) is 0 Å². The molecule has 0 aromatic heterocycles. The maximum absolute atomic E-state index is 11.9. The number of rotatable bonds is 2. The predicted octanol–water partition coefficient (Wildman–Crippen LogP) is 3.25. The van der Waals surface area contributed by atoms with E-state index in [4.69, 9.17) is 14.2 Å². The SMILES string of the molecule is COc1cc2c(c([N+](=O)[O-])c1O)[C@H]1[C@@H](C)c3ccc4c(c3CN1CC2)OCO4. The number of phenols is 1. The molecule has 0 bridgehead atoms. The van der Waals surface area contributed by atoms with E-state index < -0.39 is 10.7 Å². The molecule has 3 aliphatic rings. The lowest BCUT2D eigenvalue weighted by atomic mass is 9.76. The van der Waals surface area contributed by atoms with Crippen LogP contribution < -0.4 is 14.2 Å². The number of methoxy groups -OCH3 is 1. The monoisotopic (exact) mass is 384 g/mol. The zero-order valence-corrected chi connectivity index (χ0v) is 15.6. The van der Waals surface area contributed by atoms with Gasteiger partial charge in [-0.3, -0.25) is 15.0 Å². The van der Waals surface area contributed by atoms with Crippen LogP contribution in [0.1, 0.15) is 41.1 Å². The molecule has 146 valence electrons. The first-order valence-electron chi connectivity index (χ1n) is 9.23. The molecule has 0 saturated heterocycles. The molecule has 0 fully saturated rings. The first kappa shape index (κ1) is 17.1. The van der Waals surface area contributed by atoms with Crippen LogP contribution in [-0.4, -0.2) is 35.4 Å². The van der Waals surface area contributed by atoms with Crippen molar-refractivity contribution in [3.63, 3.8) is 0 Å². The second kappa shape index (κ2) is 6.00. The number of nitro groups is 1. The average Bonchev–Trinajstić information content (AvgIpc) is 3.16. The zero-order valence-electron chi connectivity index (χ0n) is 15.6. The van der Waals surface area contributed by atoms with Crippen molar-refractivity contribution in [3.8, 4) is 23.0 Å². The molecule has 0 radical (unpaired) electrons. The molecule has 0 saturated carbocycles. The fraction of sp³-hybridized carbons (Fsp3) is 0.400. The van der Waals surface area contributed by atoms with Crippen molar-refractivity contribution in [2.75, 3.05) is 20.4 Å². The minimum Gasteiger partial charge on any atom is -0.500 e. The van der Waals surface area contributed by atoms with Gasteiger partial charge in [0.05, 0.1) is 17.6 Å². The van der Waals surface area contributed by atoms with Gasteiger partial charge in [0.1, 0.15) is 0 Å². The van der Waals surface area contributed by atoms with Gasteiger partial charge in [-0.1, -0.05) is 13.0 Å². The van der Waals surface area contributed by atoms with Gasteiger partial charge in [-0.25, -0.2) is 0 Å². The molecule has 2 atom stereocenters. The maximum Gasteiger partial charge on any atom is 0.319 e. The Hall–Kier alpha value is -3.00. The van der Waals surface area contributed by atoms with Crippen LogP contribution in [0.15, 0.2) is 18.2 Å². The molecule has 0 aliphatic carbocycles. The minimum atomic E-state index is -0.498. The molecule has 0 spiro atoms. The van der Waals surface area contributed by atoms with Crippen molar-refractivity contribution < 1.29 is 24.2 Å². The molecule has 0 unspecified atom stereocenters. The van der Waals surface area contributed by atoms with E-state index in [2.05, 4.69) is 11.8 Å². The third-order valence-corrected chi connectivity index (χ3v) is 6.13. The van der Waals surface area contributed by atoms with E-state index in [1.54, 1.807) is 6.07 Å². The number of benzene rings is 2. The number of aromatic hydroxyl groups is 1. The van der Waals surface area contributed by atoms with Crippen LogP contribution in [0.2, 0.25) is 0 Å². The smallest absolute Gasteiger partial charge is 0.319 e. The van der Waals surface area contributed by atoms with Gasteiger partial charge in [0.25, 0.3) is 0 Å². The summed E-state index contributed by atoms with van der Waals surface area (Å²) >= 11 is 0. The summed E-state index contributed by atoms with van der Waals surface area (Å²) in [5.74, 6) is 1.25. The predicted molar refractivity (Wildman–Crippen MR) is 99.1 cm³/mol. The lowest BCUT2D eigenvalue weighted by molar-refractivity contribution is -0.387. The molecule has 1 N–H and O–H groups in total. The number of nitro benzene ring substituents is 1. The van der Waals surface area contributed by atoms with Crippen molar-refractivity contribution >= 4 is 5.69 Å².